The van der Waals surface area contributed by atoms with Gasteiger partial charge in [0.05, 0.1) is 5.75 Å². The molecule has 5 heteroatoms. The molecule has 1 unspecified atom stereocenters. The molecule has 1 N–H and O–H groups in total. The molecule has 1 aromatic rings. The molecule has 1 atom stereocenters. The van der Waals surface area contributed by atoms with E-state index in [1.807, 2.05) is 24.3 Å². The van der Waals surface area contributed by atoms with E-state index < -0.39 is 9.84 Å². The maximum absolute atomic E-state index is 11.2. The number of rotatable bonds is 3. The summed E-state index contributed by atoms with van der Waals surface area (Å²) in [5.41, 5.74) is 0.974. The molecule has 1 aromatic carbocycles. The molecule has 2 rings (SSSR count). The van der Waals surface area contributed by atoms with Gasteiger partial charge in [-0.05, 0) is 11.6 Å². The highest BCUT2D eigenvalue weighted by Gasteiger charge is 2.20. The zero-order valence-corrected chi connectivity index (χ0v) is 10.1. The van der Waals surface area contributed by atoms with Gasteiger partial charge in [0.2, 0.25) is 0 Å². The summed E-state index contributed by atoms with van der Waals surface area (Å²) in [6, 6.07) is 7.40. The van der Waals surface area contributed by atoms with Gasteiger partial charge in [-0.25, -0.2) is 8.42 Å². The Balaban J connectivity index is 1.95. The average molecular weight is 258 g/mol. The lowest BCUT2D eigenvalue weighted by Crippen LogP contribution is -2.29. The van der Waals surface area contributed by atoms with E-state index >= 15 is 0 Å². The van der Waals surface area contributed by atoms with Crippen LogP contribution in [0.4, 0.5) is 0 Å². The van der Waals surface area contributed by atoms with Crippen LogP contribution in [0.15, 0.2) is 35.7 Å². The molecule has 0 amide bonds. The lowest BCUT2D eigenvalue weighted by Gasteiger charge is -2.10. The highest BCUT2D eigenvalue weighted by atomic mass is 35.5. The first kappa shape index (κ1) is 11.6. The lowest BCUT2D eigenvalue weighted by atomic mass is 10.2. The standard InChI is InChI=1S/C11H12ClNO2S/c12-11-4-2-1-3-9(11)7-13-10-5-6-16(14,15)8-10/h1-6,10,13H,7-8H2. The second kappa shape index (κ2) is 4.57. The van der Waals surface area contributed by atoms with Gasteiger partial charge < -0.3 is 5.32 Å². The van der Waals surface area contributed by atoms with E-state index in [4.69, 9.17) is 11.6 Å². The third kappa shape index (κ3) is 2.84. The van der Waals surface area contributed by atoms with E-state index in [-0.39, 0.29) is 11.8 Å². The van der Waals surface area contributed by atoms with Gasteiger partial charge in [-0.2, -0.15) is 0 Å². The van der Waals surface area contributed by atoms with E-state index in [0.717, 1.165) is 5.56 Å². The number of benzene rings is 1. The van der Waals surface area contributed by atoms with Gasteiger partial charge in [-0.3, -0.25) is 0 Å². The van der Waals surface area contributed by atoms with Crippen LogP contribution in [0.2, 0.25) is 5.02 Å². The van der Waals surface area contributed by atoms with Crippen molar-refractivity contribution in [3.8, 4) is 0 Å². The maximum Gasteiger partial charge on any atom is 0.173 e. The van der Waals surface area contributed by atoms with Gasteiger partial charge in [0.1, 0.15) is 0 Å². The van der Waals surface area contributed by atoms with Crippen molar-refractivity contribution in [2.75, 3.05) is 5.75 Å². The van der Waals surface area contributed by atoms with E-state index in [1.165, 1.54) is 5.41 Å². The smallest absolute Gasteiger partial charge is 0.173 e. The fourth-order valence-electron chi connectivity index (χ4n) is 1.59. The zero-order valence-electron chi connectivity index (χ0n) is 8.56. The van der Waals surface area contributed by atoms with E-state index in [2.05, 4.69) is 5.32 Å². The Labute approximate surface area is 100 Å². The number of hydrogen-bond acceptors (Lipinski definition) is 3. The second-order valence-corrected chi connectivity index (χ2v) is 6.08. The van der Waals surface area contributed by atoms with Crippen molar-refractivity contribution in [3.05, 3.63) is 46.3 Å². The molecule has 0 aliphatic carbocycles. The summed E-state index contributed by atoms with van der Waals surface area (Å²) in [6.07, 6.45) is 1.67. The molecule has 16 heavy (non-hydrogen) atoms. The Morgan fingerprint density at radius 3 is 2.75 bits per heavy atom. The molecule has 0 bridgehead atoms. The van der Waals surface area contributed by atoms with Crippen LogP contribution in [0.5, 0.6) is 0 Å². The van der Waals surface area contributed by atoms with E-state index in [1.54, 1.807) is 6.08 Å². The van der Waals surface area contributed by atoms with Crippen molar-refractivity contribution < 1.29 is 8.42 Å². The molecular weight excluding hydrogens is 246 g/mol. The van der Waals surface area contributed by atoms with Crippen molar-refractivity contribution in [2.24, 2.45) is 0 Å². The highest BCUT2D eigenvalue weighted by Crippen LogP contribution is 2.15. The van der Waals surface area contributed by atoms with Crippen LogP contribution >= 0.6 is 11.6 Å². The monoisotopic (exact) mass is 257 g/mol. The van der Waals surface area contributed by atoms with Crippen molar-refractivity contribution in [3.63, 3.8) is 0 Å². The largest absolute Gasteiger partial charge is 0.305 e. The molecule has 0 saturated carbocycles. The van der Waals surface area contributed by atoms with Gasteiger partial charge in [0.15, 0.2) is 9.84 Å². The fourth-order valence-corrected chi connectivity index (χ4v) is 3.06. The molecule has 1 aliphatic heterocycles. The molecule has 0 radical (unpaired) electrons. The fraction of sp³-hybridized carbons (Fsp3) is 0.273. The topological polar surface area (TPSA) is 46.2 Å². The van der Waals surface area contributed by atoms with Crippen LogP contribution < -0.4 is 5.32 Å². The van der Waals surface area contributed by atoms with E-state index in [9.17, 15) is 8.42 Å². The molecule has 0 fully saturated rings. The molecule has 3 nitrogen and oxygen atoms in total. The quantitative estimate of drug-likeness (QED) is 0.897. The Bertz CT molecular complexity index is 510. The van der Waals surface area contributed by atoms with Crippen molar-refractivity contribution >= 4 is 21.4 Å². The van der Waals surface area contributed by atoms with Gasteiger partial charge in [0, 0.05) is 23.0 Å². The molecule has 0 spiro atoms. The molecule has 86 valence electrons. The van der Waals surface area contributed by atoms with Gasteiger partial charge in [0.25, 0.3) is 0 Å². The van der Waals surface area contributed by atoms with Gasteiger partial charge >= 0.3 is 0 Å². The van der Waals surface area contributed by atoms with Crippen LogP contribution in [0.3, 0.4) is 0 Å². The van der Waals surface area contributed by atoms with Crippen LogP contribution in [0.25, 0.3) is 0 Å². The number of sulfone groups is 1. The van der Waals surface area contributed by atoms with Gasteiger partial charge in [-0.1, -0.05) is 35.9 Å². The first-order chi connectivity index (χ1) is 7.57. The third-order valence-electron chi connectivity index (χ3n) is 2.44. The molecule has 0 aromatic heterocycles. The first-order valence-electron chi connectivity index (χ1n) is 4.94. The summed E-state index contributed by atoms with van der Waals surface area (Å²) in [4.78, 5) is 0. The zero-order chi connectivity index (χ0) is 11.6. The predicted molar refractivity (Wildman–Crippen MR) is 65.0 cm³/mol. The van der Waals surface area contributed by atoms with Crippen LogP contribution in [0, 0.1) is 0 Å². The van der Waals surface area contributed by atoms with Crippen molar-refractivity contribution in [1.82, 2.24) is 5.32 Å². The number of hydrogen-bond donors (Lipinski definition) is 1. The summed E-state index contributed by atoms with van der Waals surface area (Å²) in [7, 11) is -2.99. The Kier molecular flexibility index (Phi) is 3.33. The summed E-state index contributed by atoms with van der Waals surface area (Å²) in [5.74, 6) is 0.136. The molecular formula is C11H12ClNO2S. The first-order valence-corrected chi connectivity index (χ1v) is 7.04. The van der Waals surface area contributed by atoms with Gasteiger partial charge in [-0.15, -0.1) is 0 Å². The summed E-state index contributed by atoms with van der Waals surface area (Å²) in [5, 5.41) is 5.10. The minimum Gasteiger partial charge on any atom is -0.305 e. The SMILES string of the molecule is O=S1(=O)C=CC(NCc2ccccc2Cl)C1. The minimum absolute atomic E-state index is 0.110. The minimum atomic E-state index is -2.99. The van der Waals surface area contributed by atoms with Crippen LogP contribution in [-0.2, 0) is 16.4 Å². The Morgan fingerprint density at radius 2 is 2.12 bits per heavy atom. The van der Waals surface area contributed by atoms with Crippen LogP contribution in [0.1, 0.15) is 5.56 Å². The van der Waals surface area contributed by atoms with Crippen LogP contribution in [-0.4, -0.2) is 20.2 Å². The lowest BCUT2D eigenvalue weighted by molar-refractivity contribution is 0.590. The van der Waals surface area contributed by atoms with Crippen molar-refractivity contribution in [2.45, 2.75) is 12.6 Å². The molecule has 1 heterocycles. The average Bonchev–Trinajstić information content (AvgIpc) is 2.57. The molecule has 1 aliphatic rings. The Morgan fingerprint density at radius 1 is 1.38 bits per heavy atom. The number of nitrogens with one attached hydrogen (secondary N) is 1. The Hall–Kier alpha value is -0.840. The maximum atomic E-state index is 11.2. The third-order valence-corrected chi connectivity index (χ3v) is 4.21. The highest BCUT2D eigenvalue weighted by molar-refractivity contribution is 7.94. The second-order valence-electron chi connectivity index (χ2n) is 3.74. The van der Waals surface area contributed by atoms with Crippen molar-refractivity contribution in [1.29, 1.82) is 0 Å². The van der Waals surface area contributed by atoms with E-state index in [0.29, 0.717) is 11.6 Å². The summed E-state index contributed by atoms with van der Waals surface area (Å²) in [6.45, 7) is 0.574. The predicted octanol–water partition coefficient (Wildman–Crippen LogP) is 1.74. The normalized spacial score (nSPS) is 22.4. The summed E-state index contributed by atoms with van der Waals surface area (Å²) < 4.78 is 22.3. The number of halogens is 1. The summed E-state index contributed by atoms with van der Waals surface area (Å²) >= 11 is 5.99. The molecule has 0 saturated heterocycles.